The van der Waals surface area contributed by atoms with Gasteiger partial charge in [-0.05, 0) is 0 Å². The zero-order valence-electron chi connectivity index (χ0n) is 8.39. The molecule has 0 aromatic rings. The zero-order valence-corrected chi connectivity index (χ0v) is 8.39. The lowest BCUT2D eigenvalue weighted by molar-refractivity contribution is -0.145. The van der Waals surface area contributed by atoms with E-state index in [1.165, 1.54) is 4.90 Å². The first-order valence-electron chi connectivity index (χ1n) is 4.85. The summed E-state index contributed by atoms with van der Waals surface area (Å²) in [5, 5.41) is 17.4. The number of morpholine rings is 1. The first-order valence-corrected chi connectivity index (χ1v) is 4.85. The van der Waals surface area contributed by atoms with Gasteiger partial charge in [0.25, 0.3) is 0 Å². The van der Waals surface area contributed by atoms with E-state index in [9.17, 15) is 9.59 Å². The fraction of sp³-hybridized carbons (Fsp3) is 0.778. The molecule has 0 aromatic heterocycles. The van der Waals surface area contributed by atoms with Crippen LogP contribution in [-0.4, -0.2) is 59.4 Å². The number of aliphatic hydroxyl groups excluding tert-OH is 1. The van der Waals surface area contributed by atoms with E-state index in [2.05, 4.69) is 0 Å². The second-order valence-electron chi connectivity index (χ2n) is 3.39. The molecule has 1 saturated heterocycles. The molecule has 1 heterocycles. The predicted octanol–water partition coefficient (Wildman–Crippen LogP) is -0.929. The SMILES string of the molecule is O=C(O)CCC(=O)N1CCOCC1CO. The van der Waals surface area contributed by atoms with Gasteiger partial charge >= 0.3 is 5.97 Å². The molecule has 1 aliphatic rings. The Kier molecular flexibility index (Phi) is 4.51. The lowest BCUT2D eigenvalue weighted by Gasteiger charge is -2.34. The first-order chi connectivity index (χ1) is 7.15. The van der Waals surface area contributed by atoms with Gasteiger partial charge in [0.05, 0.1) is 32.3 Å². The minimum atomic E-state index is -0.989. The van der Waals surface area contributed by atoms with Crippen LogP contribution in [0.4, 0.5) is 0 Å². The lowest BCUT2D eigenvalue weighted by Crippen LogP contribution is -2.50. The van der Waals surface area contributed by atoms with Crippen LogP contribution in [0.1, 0.15) is 12.8 Å². The molecule has 0 bridgehead atoms. The molecule has 0 spiro atoms. The number of carboxylic acids is 1. The maximum Gasteiger partial charge on any atom is 0.303 e. The molecule has 2 N–H and O–H groups in total. The number of aliphatic carboxylic acids is 1. The highest BCUT2D eigenvalue weighted by molar-refractivity contribution is 5.81. The largest absolute Gasteiger partial charge is 0.481 e. The van der Waals surface area contributed by atoms with E-state index in [0.717, 1.165) is 0 Å². The number of aliphatic hydroxyl groups is 1. The molecule has 0 saturated carbocycles. The minimum absolute atomic E-state index is 0.0220. The van der Waals surface area contributed by atoms with Gasteiger partial charge in [0.2, 0.25) is 5.91 Å². The van der Waals surface area contributed by atoms with E-state index in [-0.39, 0.29) is 31.4 Å². The van der Waals surface area contributed by atoms with Crippen molar-refractivity contribution in [3.8, 4) is 0 Å². The van der Waals surface area contributed by atoms with Gasteiger partial charge in [0.15, 0.2) is 0 Å². The molecule has 0 radical (unpaired) electrons. The van der Waals surface area contributed by atoms with E-state index in [1.54, 1.807) is 0 Å². The number of hydrogen-bond acceptors (Lipinski definition) is 4. The third-order valence-corrected chi connectivity index (χ3v) is 2.31. The summed E-state index contributed by atoms with van der Waals surface area (Å²) in [5.41, 5.74) is 0. The molecule has 6 nitrogen and oxygen atoms in total. The first kappa shape index (κ1) is 11.9. The molecule has 86 valence electrons. The van der Waals surface area contributed by atoms with Crippen LogP contribution in [0.2, 0.25) is 0 Å². The minimum Gasteiger partial charge on any atom is -0.481 e. The summed E-state index contributed by atoms with van der Waals surface area (Å²) in [6, 6.07) is -0.333. The van der Waals surface area contributed by atoms with Gasteiger partial charge in [-0.1, -0.05) is 0 Å². The lowest BCUT2D eigenvalue weighted by atomic mass is 10.2. The Morgan fingerprint density at radius 3 is 2.73 bits per heavy atom. The number of hydrogen-bond donors (Lipinski definition) is 2. The van der Waals surface area contributed by atoms with Crippen LogP contribution < -0.4 is 0 Å². The summed E-state index contributed by atoms with van der Waals surface area (Å²) in [7, 11) is 0. The van der Waals surface area contributed by atoms with Gasteiger partial charge in [-0.3, -0.25) is 9.59 Å². The topological polar surface area (TPSA) is 87.1 Å². The zero-order chi connectivity index (χ0) is 11.3. The van der Waals surface area contributed by atoms with E-state index < -0.39 is 5.97 Å². The third kappa shape index (κ3) is 3.49. The van der Waals surface area contributed by atoms with Gasteiger partial charge in [0, 0.05) is 13.0 Å². The number of carboxylic acid groups (broad SMARTS) is 1. The van der Waals surface area contributed by atoms with Crippen molar-refractivity contribution in [2.24, 2.45) is 0 Å². The van der Waals surface area contributed by atoms with Crippen molar-refractivity contribution in [1.29, 1.82) is 0 Å². The van der Waals surface area contributed by atoms with Crippen LogP contribution in [0, 0.1) is 0 Å². The molecular weight excluding hydrogens is 202 g/mol. The number of carbonyl (C=O) groups is 2. The molecule has 1 fully saturated rings. The molecule has 15 heavy (non-hydrogen) atoms. The fourth-order valence-electron chi connectivity index (χ4n) is 1.49. The number of rotatable bonds is 4. The Morgan fingerprint density at radius 2 is 2.13 bits per heavy atom. The summed E-state index contributed by atoms with van der Waals surface area (Å²) in [4.78, 5) is 23.4. The Bertz CT molecular complexity index is 243. The van der Waals surface area contributed by atoms with Crippen molar-refractivity contribution in [3.05, 3.63) is 0 Å². The summed E-state index contributed by atoms with van der Waals surface area (Å²) in [5.74, 6) is -1.23. The average molecular weight is 217 g/mol. The molecule has 1 amide bonds. The summed E-state index contributed by atoms with van der Waals surface area (Å²) >= 11 is 0. The number of ether oxygens (including phenoxy) is 1. The molecule has 1 atom stereocenters. The molecule has 0 aliphatic carbocycles. The van der Waals surface area contributed by atoms with Crippen molar-refractivity contribution in [3.63, 3.8) is 0 Å². The van der Waals surface area contributed by atoms with Crippen molar-refractivity contribution >= 4 is 11.9 Å². The maximum absolute atomic E-state index is 11.6. The predicted molar refractivity (Wildman–Crippen MR) is 50.3 cm³/mol. The van der Waals surface area contributed by atoms with Crippen LogP contribution in [0.5, 0.6) is 0 Å². The standard InChI is InChI=1S/C9H15NO5/c11-5-7-6-15-4-3-10(7)8(12)1-2-9(13)14/h7,11H,1-6H2,(H,13,14). The average Bonchev–Trinajstić information content (AvgIpc) is 2.25. The maximum atomic E-state index is 11.6. The molecular formula is C9H15NO5. The normalized spacial score (nSPS) is 21.4. The van der Waals surface area contributed by atoms with E-state index in [0.29, 0.717) is 19.8 Å². The Hall–Kier alpha value is -1.14. The summed E-state index contributed by atoms with van der Waals surface area (Å²) in [6.45, 7) is 1.02. The van der Waals surface area contributed by atoms with Crippen LogP contribution in [-0.2, 0) is 14.3 Å². The van der Waals surface area contributed by atoms with Gasteiger partial charge in [-0.2, -0.15) is 0 Å². The van der Waals surface area contributed by atoms with Crippen LogP contribution in [0.3, 0.4) is 0 Å². The van der Waals surface area contributed by atoms with Gasteiger partial charge < -0.3 is 19.8 Å². The highest BCUT2D eigenvalue weighted by Gasteiger charge is 2.26. The van der Waals surface area contributed by atoms with Gasteiger partial charge in [-0.25, -0.2) is 0 Å². The number of amides is 1. The number of carbonyl (C=O) groups excluding carboxylic acids is 1. The highest BCUT2D eigenvalue weighted by atomic mass is 16.5. The van der Waals surface area contributed by atoms with Crippen molar-refractivity contribution in [1.82, 2.24) is 4.90 Å². The summed E-state index contributed by atoms with van der Waals surface area (Å²) < 4.78 is 5.11. The van der Waals surface area contributed by atoms with E-state index in [1.807, 2.05) is 0 Å². The van der Waals surface area contributed by atoms with E-state index >= 15 is 0 Å². The van der Waals surface area contributed by atoms with Crippen molar-refractivity contribution in [2.75, 3.05) is 26.4 Å². The molecule has 1 rings (SSSR count). The number of nitrogens with zero attached hydrogens (tertiary/aromatic N) is 1. The van der Waals surface area contributed by atoms with Crippen LogP contribution in [0.15, 0.2) is 0 Å². The molecule has 1 unspecified atom stereocenters. The van der Waals surface area contributed by atoms with E-state index in [4.69, 9.17) is 14.9 Å². The summed E-state index contributed by atoms with van der Waals surface area (Å²) in [6.07, 6.45) is -0.194. The Labute approximate surface area is 87.4 Å². The second-order valence-corrected chi connectivity index (χ2v) is 3.39. The molecule has 6 heteroatoms. The smallest absolute Gasteiger partial charge is 0.303 e. The monoisotopic (exact) mass is 217 g/mol. The Balaban J connectivity index is 2.44. The highest BCUT2D eigenvalue weighted by Crippen LogP contribution is 2.09. The molecule has 0 aromatic carbocycles. The van der Waals surface area contributed by atoms with Crippen LogP contribution in [0.25, 0.3) is 0 Å². The van der Waals surface area contributed by atoms with Crippen molar-refractivity contribution < 1.29 is 24.5 Å². The van der Waals surface area contributed by atoms with Gasteiger partial charge in [-0.15, -0.1) is 0 Å². The second kappa shape index (κ2) is 5.67. The van der Waals surface area contributed by atoms with Gasteiger partial charge in [0.1, 0.15) is 0 Å². The van der Waals surface area contributed by atoms with Crippen LogP contribution >= 0.6 is 0 Å². The van der Waals surface area contributed by atoms with Crippen molar-refractivity contribution in [2.45, 2.75) is 18.9 Å². The molecule has 1 aliphatic heterocycles. The third-order valence-electron chi connectivity index (χ3n) is 2.31. The Morgan fingerprint density at radius 1 is 1.40 bits per heavy atom. The fourth-order valence-corrected chi connectivity index (χ4v) is 1.49. The quantitative estimate of drug-likeness (QED) is 0.635.